The van der Waals surface area contributed by atoms with Gasteiger partial charge in [-0.3, -0.25) is 0 Å². The fraction of sp³-hybridized carbons (Fsp3) is 0. The van der Waals surface area contributed by atoms with Gasteiger partial charge in [-0.15, -0.1) is 0 Å². The molecule has 0 aliphatic heterocycles. The molecule has 0 saturated heterocycles. The monoisotopic (exact) mass is 497 g/mol. The molecule has 0 aromatic rings. The van der Waals surface area contributed by atoms with E-state index in [1.807, 2.05) is 0 Å². The predicted molar refractivity (Wildman–Crippen MR) is 22.8 cm³/mol. The van der Waals surface area contributed by atoms with Crippen molar-refractivity contribution in [3.05, 3.63) is 0 Å². The van der Waals surface area contributed by atoms with E-state index in [1.165, 1.54) is 0 Å². The van der Waals surface area contributed by atoms with Gasteiger partial charge in [-0.25, -0.2) is 0 Å². The third-order valence-corrected chi connectivity index (χ3v) is 0. The van der Waals surface area contributed by atoms with E-state index in [9.17, 15) is 0 Å². The Hall–Kier alpha value is 4.95. The molecule has 3 radical (unpaired) electrons. The summed E-state index contributed by atoms with van der Waals surface area (Å²) in [5.41, 5.74) is 0. The number of hydrogen-bond donors (Lipinski definition) is 0. The molecule has 47 valence electrons. The van der Waals surface area contributed by atoms with Gasteiger partial charge in [0.25, 0.3) is 0 Å². The average molecular weight is 498 g/mol. The van der Waals surface area contributed by atoms with Crippen molar-refractivity contribution in [3.63, 3.8) is 0 Å². The Bertz CT molecular complexity index is 20.0. The van der Waals surface area contributed by atoms with Crippen LogP contribution in [0.2, 0.25) is 0 Å². The van der Waals surface area contributed by atoms with Crippen LogP contribution in [0.25, 0.3) is 0 Å². The van der Waals surface area contributed by atoms with Gasteiger partial charge in [0.05, 0.1) is 0 Å². The molecule has 0 bridgehead atoms. The predicted octanol–water partition coefficient (Wildman–Crippen LogP) is -3.05. The van der Waals surface area contributed by atoms with Crippen molar-refractivity contribution in [1.82, 2.24) is 0 Å². The van der Waals surface area contributed by atoms with Crippen LogP contribution >= 0.6 is 0 Å². The van der Waals surface area contributed by atoms with Crippen molar-refractivity contribution in [3.8, 4) is 0 Å². The van der Waals surface area contributed by atoms with Crippen molar-refractivity contribution in [1.29, 1.82) is 0 Å². The van der Waals surface area contributed by atoms with Gasteiger partial charge in [0.2, 0.25) is 0 Å². The normalized spacial score (nSPS) is 0.750. The maximum atomic E-state index is 7.88. The molecule has 0 spiro atoms. The third-order valence-electron chi connectivity index (χ3n) is 0. The Balaban J connectivity index is -0.000000000333. The van der Waals surface area contributed by atoms with Crippen molar-refractivity contribution >= 4 is 55.1 Å². The standard InChI is InChI=1S/Al.Ca.2La.Mn.Ni.H2O.O.5H/h;;;;;;1H2;;;;;;. The number of hydrogen-bond acceptors (Lipinski definition) is 1. The first kappa shape index (κ1) is 52.2. The summed E-state index contributed by atoms with van der Waals surface area (Å²) < 4.78 is 7.88. The van der Waals surface area contributed by atoms with E-state index in [4.69, 9.17) is 3.90 Å². The first-order chi connectivity index (χ1) is 1.00. The molecule has 0 aromatic carbocycles. The molecule has 8 heavy (non-hydrogen) atoms. The average Bonchev–Trinajstić information content (AvgIpc) is 1.00. The minimum absolute atomic E-state index is 0. The summed E-state index contributed by atoms with van der Waals surface area (Å²) in [6.45, 7) is 0. The molecule has 0 atom stereocenters. The maximum absolute atomic E-state index is 7.88. The fourth-order valence-corrected chi connectivity index (χ4v) is 0. The molecule has 0 heterocycles. The first-order valence-corrected chi connectivity index (χ1v) is 0.532. The van der Waals surface area contributed by atoms with Crippen LogP contribution in [0.15, 0.2) is 0 Å². The first-order valence-electron chi connectivity index (χ1n) is 0.129. The van der Waals surface area contributed by atoms with E-state index in [1.54, 1.807) is 0 Å². The molecule has 0 saturated carbocycles. The quantitative estimate of drug-likeness (QED) is 0.328. The zero-order valence-electron chi connectivity index (χ0n) is 2.76. The Kier molecular flexibility index (Phi) is 381. The van der Waals surface area contributed by atoms with Crippen LogP contribution in [0.3, 0.4) is 0 Å². The van der Waals surface area contributed by atoms with Gasteiger partial charge in [-0.2, -0.15) is 0 Å². The summed E-state index contributed by atoms with van der Waals surface area (Å²) in [7, 11) is 0. The van der Waals surface area contributed by atoms with Gasteiger partial charge in [-0.1, -0.05) is 0 Å². The molecule has 8 heteroatoms. The Morgan fingerprint density at radius 1 is 1.00 bits per heavy atom. The summed E-state index contributed by atoms with van der Waals surface area (Å²) in [5.74, 6) is 0. The van der Waals surface area contributed by atoms with Crippen molar-refractivity contribution in [2.24, 2.45) is 0 Å². The van der Waals surface area contributed by atoms with Gasteiger partial charge < -0.3 is 5.48 Å². The zero-order valence-corrected chi connectivity index (χ0v) is 12.2. The second kappa shape index (κ2) is 58.4. The van der Waals surface area contributed by atoms with E-state index in [-0.39, 0.29) is 149 Å². The Labute approximate surface area is 163 Å². The van der Waals surface area contributed by atoms with Gasteiger partial charge in [0.15, 0.2) is 17.4 Å². The topological polar surface area (TPSA) is 48.6 Å². The van der Waals surface area contributed by atoms with Gasteiger partial charge in [0, 0.05) is 88.3 Å². The van der Waals surface area contributed by atoms with E-state index in [2.05, 4.69) is 15.4 Å². The van der Waals surface area contributed by atoms with E-state index in [0.717, 1.165) is 0 Å². The molecule has 0 fully saturated rings. The second-order valence-electron chi connectivity index (χ2n) is 0. The molecular formula is H7AlCaLa2MnNiO2. The van der Waals surface area contributed by atoms with Crippen molar-refractivity contribution in [2.45, 2.75) is 0 Å². The molecule has 0 aliphatic rings. The molecule has 2 N–H and O–H groups in total. The van der Waals surface area contributed by atoms with Crippen molar-refractivity contribution in [2.75, 3.05) is 0 Å². The molecular weight excluding hydrogens is 491 g/mol. The Morgan fingerprint density at radius 3 is 1.00 bits per heavy atom. The molecule has 0 unspecified atom stereocenters. The molecule has 2 nitrogen and oxygen atoms in total. The van der Waals surface area contributed by atoms with Gasteiger partial charge >= 0.3 is 57.0 Å². The van der Waals surface area contributed by atoms with Crippen LogP contribution in [-0.2, 0) is 36.4 Å². The summed E-state index contributed by atoms with van der Waals surface area (Å²) in [6.07, 6.45) is 0. The van der Waals surface area contributed by atoms with Crippen LogP contribution in [0.4, 0.5) is 0 Å². The summed E-state index contributed by atoms with van der Waals surface area (Å²) in [5, 5.41) is 0. The summed E-state index contributed by atoms with van der Waals surface area (Å²) in [6, 6.07) is 0. The molecule has 0 amide bonds. The van der Waals surface area contributed by atoms with Gasteiger partial charge in [-0.05, 0) is 0 Å². The molecule has 0 rings (SSSR count). The zero-order chi connectivity index (χ0) is 2.00. The summed E-state index contributed by atoms with van der Waals surface area (Å²) >= 11 is 2.62. The second-order valence-corrected chi connectivity index (χ2v) is 0. The number of rotatable bonds is 0. The van der Waals surface area contributed by atoms with Crippen LogP contribution in [0.5, 0.6) is 0 Å². The Morgan fingerprint density at radius 2 is 1.00 bits per heavy atom. The third kappa shape index (κ3) is 44.2. The van der Waals surface area contributed by atoms with Crippen LogP contribution < -0.4 is 0 Å². The molecule has 0 aromatic heterocycles. The van der Waals surface area contributed by atoms with Crippen LogP contribution in [0, 0.1) is 71.2 Å². The fourth-order valence-electron chi connectivity index (χ4n) is 0. The van der Waals surface area contributed by atoms with Gasteiger partial charge in [0.1, 0.15) is 0 Å². The van der Waals surface area contributed by atoms with Crippen LogP contribution in [0.1, 0.15) is 0 Å². The summed E-state index contributed by atoms with van der Waals surface area (Å²) in [4.78, 5) is 0. The SMILES string of the molecule is O.[AlH3].[CaH2].[La].[La].[Mn].[O]=[Ni]. The molecule has 0 aliphatic carbocycles. The van der Waals surface area contributed by atoms with E-state index >= 15 is 0 Å². The van der Waals surface area contributed by atoms with E-state index in [0.29, 0.717) is 0 Å². The van der Waals surface area contributed by atoms with Crippen molar-refractivity contribution < 1.29 is 113 Å². The van der Waals surface area contributed by atoms with E-state index < -0.39 is 0 Å². The minimum atomic E-state index is 0. The van der Waals surface area contributed by atoms with Crippen LogP contribution in [-0.4, -0.2) is 60.6 Å².